The van der Waals surface area contributed by atoms with Crippen LogP contribution in [0.3, 0.4) is 0 Å². The maximum Gasteiger partial charge on any atom is 0.336 e. The fraction of sp³-hybridized carbons (Fsp3) is 0.0500. The van der Waals surface area contributed by atoms with Gasteiger partial charge in [-0.05, 0) is 52.3 Å². The Hall–Kier alpha value is -3.46. The first-order valence-corrected chi connectivity index (χ1v) is 9.23. The first-order chi connectivity index (χ1) is 14.0. The lowest BCUT2D eigenvalue weighted by atomic mass is 10.1. The fourth-order valence-corrected chi connectivity index (χ4v) is 3.50. The molecule has 2 N–H and O–H groups in total. The molecule has 9 heteroatoms. The first-order valence-electron chi connectivity index (χ1n) is 8.44. The summed E-state index contributed by atoms with van der Waals surface area (Å²) in [4.78, 5) is 19.9. The topological polar surface area (TPSA) is 88.8 Å². The van der Waals surface area contributed by atoms with Crippen LogP contribution in [0, 0.1) is 5.82 Å². The minimum Gasteiger partial charge on any atom is -0.494 e. The van der Waals surface area contributed by atoms with Gasteiger partial charge in [0.15, 0.2) is 23.0 Å². The molecule has 0 unspecified atom stereocenters. The fourth-order valence-electron chi connectivity index (χ4n) is 2.95. The molecule has 0 bridgehead atoms. The quantitative estimate of drug-likeness (QED) is 0.450. The summed E-state index contributed by atoms with van der Waals surface area (Å²) in [5.41, 5.74) is 2.67. The molecule has 146 valence electrons. The highest BCUT2D eigenvalue weighted by atomic mass is 79.9. The summed E-state index contributed by atoms with van der Waals surface area (Å²) in [5, 5.41) is 12.3. The van der Waals surface area contributed by atoms with Gasteiger partial charge < -0.3 is 15.2 Å². The number of benzene rings is 2. The Kier molecular flexibility index (Phi) is 4.89. The molecule has 0 saturated carbocycles. The maximum absolute atomic E-state index is 14.1. The summed E-state index contributed by atoms with van der Waals surface area (Å²) in [6.45, 7) is 0. The van der Waals surface area contributed by atoms with Crippen molar-refractivity contribution in [2.45, 2.75) is 0 Å². The van der Waals surface area contributed by atoms with Gasteiger partial charge in [-0.1, -0.05) is 0 Å². The number of anilines is 2. The van der Waals surface area contributed by atoms with E-state index >= 15 is 0 Å². The lowest BCUT2D eigenvalue weighted by Gasteiger charge is -2.09. The summed E-state index contributed by atoms with van der Waals surface area (Å²) in [6.07, 6.45) is 4.96. The van der Waals surface area contributed by atoms with E-state index in [-0.39, 0.29) is 11.3 Å². The van der Waals surface area contributed by atoms with E-state index in [1.54, 1.807) is 47.3 Å². The molecular weight excluding hydrogens is 443 g/mol. The molecule has 0 aliphatic carbocycles. The van der Waals surface area contributed by atoms with Crippen molar-refractivity contribution in [3.8, 4) is 17.0 Å². The number of hydrogen-bond acceptors (Lipinski definition) is 5. The molecule has 0 aliphatic rings. The molecule has 0 amide bonds. The van der Waals surface area contributed by atoms with E-state index in [0.29, 0.717) is 32.9 Å². The van der Waals surface area contributed by atoms with Gasteiger partial charge in [0.1, 0.15) is 0 Å². The van der Waals surface area contributed by atoms with Crippen LogP contribution >= 0.6 is 15.9 Å². The Balaban J connectivity index is 1.72. The van der Waals surface area contributed by atoms with Gasteiger partial charge >= 0.3 is 5.97 Å². The van der Waals surface area contributed by atoms with E-state index in [9.17, 15) is 9.18 Å². The number of halogens is 2. The van der Waals surface area contributed by atoms with Crippen LogP contribution in [-0.2, 0) is 0 Å². The molecule has 0 spiro atoms. The molecule has 2 heterocycles. The number of methoxy groups -OCH3 is 1. The van der Waals surface area contributed by atoms with Crippen molar-refractivity contribution in [2.24, 2.45) is 0 Å². The van der Waals surface area contributed by atoms with Crippen molar-refractivity contribution < 1.29 is 19.0 Å². The standard InChI is InChI=1S/C20H14BrFN4O3/c1-29-17-5-2-11(8-15(17)22)16-10-24-19-18(23-6-7-26(16)19)25-12-3-4-13(20(27)28)14(21)9-12/h2-10H,1H3,(H,23,25)(H,27,28). The second-order valence-corrected chi connectivity index (χ2v) is 6.94. The molecule has 0 atom stereocenters. The van der Waals surface area contributed by atoms with E-state index in [1.165, 1.54) is 19.2 Å². The van der Waals surface area contributed by atoms with E-state index < -0.39 is 11.8 Å². The number of imidazole rings is 1. The second kappa shape index (κ2) is 7.51. The predicted octanol–water partition coefficient (Wildman–Crippen LogP) is 4.75. The number of rotatable bonds is 5. The molecule has 0 fully saturated rings. The molecule has 7 nitrogen and oxygen atoms in total. The average molecular weight is 457 g/mol. The van der Waals surface area contributed by atoms with Gasteiger partial charge in [-0.3, -0.25) is 4.40 Å². The van der Waals surface area contributed by atoms with Crippen LogP contribution in [-0.4, -0.2) is 32.6 Å². The third-order valence-corrected chi connectivity index (χ3v) is 4.99. The van der Waals surface area contributed by atoms with Gasteiger partial charge in [-0.2, -0.15) is 0 Å². The van der Waals surface area contributed by atoms with E-state index in [2.05, 4.69) is 31.2 Å². The molecule has 2 aromatic carbocycles. The second-order valence-electron chi connectivity index (χ2n) is 6.09. The van der Waals surface area contributed by atoms with Crippen molar-refractivity contribution in [3.05, 3.63) is 70.8 Å². The summed E-state index contributed by atoms with van der Waals surface area (Å²) in [5.74, 6) is -0.839. The molecule has 0 radical (unpaired) electrons. The summed E-state index contributed by atoms with van der Waals surface area (Å²) >= 11 is 3.26. The van der Waals surface area contributed by atoms with Crippen molar-refractivity contribution in [3.63, 3.8) is 0 Å². The Morgan fingerprint density at radius 3 is 2.76 bits per heavy atom. The zero-order chi connectivity index (χ0) is 20.5. The molecule has 4 rings (SSSR count). The summed E-state index contributed by atoms with van der Waals surface area (Å²) < 4.78 is 21.3. The number of nitrogens with one attached hydrogen (secondary N) is 1. The third-order valence-electron chi connectivity index (χ3n) is 4.34. The third kappa shape index (κ3) is 3.52. The monoisotopic (exact) mass is 456 g/mol. The highest BCUT2D eigenvalue weighted by Crippen LogP contribution is 2.29. The van der Waals surface area contributed by atoms with Crippen LogP contribution in [0.15, 0.2) is 59.5 Å². The van der Waals surface area contributed by atoms with Crippen molar-refractivity contribution in [1.29, 1.82) is 0 Å². The minimum absolute atomic E-state index is 0.159. The SMILES string of the molecule is COc1ccc(-c2cnc3c(Nc4ccc(C(=O)O)c(Br)c4)nccn23)cc1F. The molecule has 0 aliphatic heterocycles. The number of hydrogen-bond donors (Lipinski definition) is 2. The summed E-state index contributed by atoms with van der Waals surface area (Å²) in [6, 6.07) is 9.48. The lowest BCUT2D eigenvalue weighted by Crippen LogP contribution is -2.01. The summed E-state index contributed by atoms with van der Waals surface area (Å²) in [7, 11) is 1.41. The number of nitrogens with zero attached hydrogens (tertiary/aromatic N) is 3. The van der Waals surface area contributed by atoms with Crippen molar-refractivity contribution >= 4 is 39.1 Å². The molecule has 2 aromatic heterocycles. The van der Waals surface area contributed by atoms with Crippen LogP contribution in [0.2, 0.25) is 0 Å². The number of carboxylic acid groups (broad SMARTS) is 1. The van der Waals surface area contributed by atoms with Crippen LogP contribution in [0.25, 0.3) is 16.9 Å². The number of fused-ring (bicyclic) bond motifs is 1. The number of carboxylic acids is 1. The Morgan fingerprint density at radius 2 is 2.07 bits per heavy atom. The van der Waals surface area contributed by atoms with Crippen LogP contribution in [0.1, 0.15) is 10.4 Å². The predicted molar refractivity (Wildman–Crippen MR) is 109 cm³/mol. The highest BCUT2D eigenvalue weighted by molar-refractivity contribution is 9.10. The van der Waals surface area contributed by atoms with E-state index in [4.69, 9.17) is 9.84 Å². The number of aromatic carboxylic acids is 1. The zero-order valence-electron chi connectivity index (χ0n) is 15.1. The van der Waals surface area contributed by atoms with Crippen LogP contribution in [0.4, 0.5) is 15.9 Å². The van der Waals surface area contributed by atoms with Crippen LogP contribution in [0.5, 0.6) is 5.75 Å². The van der Waals surface area contributed by atoms with Gasteiger partial charge in [0.2, 0.25) is 0 Å². The first kappa shape index (κ1) is 18.9. The molecule has 4 aromatic rings. The molecular formula is C20H14BrFN4O3. The number of carbonyl (C=O) groups is 1. The maximum atomic E-state index is 14.1. The zero-order valence-corrected chi connectivity index (χ0v) is 16.6. The van der Waals surface area contributed by atoms with Crippen molar-refractivity contribution in [1.82, 2.24) is 14.4 Å². The van der Waals surface area contributed by atoms with Gasteiger partial charge in [-0.15, -0.1) is 0 Å². The van der Waals surface area contributed by atoms with Crippen LogP contribution < -0.4 is 10.1 Å². The van der Waals surface area contributed by atoms with Gasteiger partial charge in [0.05, 0.1) is 24.6 Å². The van der Waals surface area contributed by atoms with Gasteiger partial charge in [0.25, 0.3) is 0 Å². The van der Waals surface area contributed by atoms with E-state index in [0.717, 1.165) is 0 Å². The lowest BCUT2D eigenvalue weighted by molar-refractivity contribution is 0.0696. The Labute approximate surface area is 172 Å². The smallest absolute Gasteiger partial charge is 0.336 e. The van der Waals surface area contributed by atoms with E-state index in [1.807, 2.05) is 0 Å². The number of ether oxygens (including phenoxy) is 1. The Bertz CT molecular complexity index is 1240. The van der Waals surface area contributed by atoms with Crippen molar-refractivity contribution in [2.75, 3.05) is 12.4 Å². The molecule has 29 heavy (non-hydrogen) atoms. The molecule has 0 saturated heterocycles. The van der Waals surface area contributed by atoms with Gasteiger partial charge in [-0.25, -0.2) is 19.2 Å². The highest BCUT2D eigenvalue weighted by Gasteiger charge is 2.14. The minimum atomic E-state index is -1.02. The number of aromatic nitrogens is 3. The average Bonchev–Trinajstić information content (AvgIpc) is 3.13. The normalized spacial score (nSPS) is 10.9. The van der Waals surface area contributed by atoms with Gasteiger partial charge in [0, 0.05) is 28.1 Å². The largest absolute Gasteiger partial charge is 0.494 e. The Morgan fingerprint density at radius 1 is 1.24 bits per heavy atom.